The van der Waals surface area contributed by atoms with Gasteiger partial charge in [0, 0.05) is 15.3 Å². The molecule has 1 saturated carbocycles. The minimum atomic E-state index is -3.98. The molecule has 38 heavy (non-hydrogen) atoms. The summed E-state index contributed by atoms with van der Waals surface area (Å²) in [5.41, 5.74) is 0.481. The summed E-state index contributed by atoms with van der Waals surface area (Å²) < 4.78 is 39.9. The molecule has 200 valence electrons. The van der Waals surface area contributed by atoms with Crippen molar-refractivity contribution >= 4 is 78.6 Å². The van der Waals surface area contributed by atoms with Gasteiger partial charge in [-0.3, -0.25) is 19.7 Å². The lowest BCUT2D eigenvalue weighted by molar-refractivity contribution is -0.384. The molecule has 0 radical (unpaired) electrons. The van der Waals surface area contributed by atoms with Crippen LogP contribution < -0.4 is 21.3 Å². The molecule has 4 rings (SSSR count). The monoisotopic (exact) mass is 675 g/mol. The number of primary sulfonamides is 1. The highest BCUT2D eigenvalue weighted by Crippen LogP contribution is 2.40. The average Bonchev–Trinajstić information content (AvgIpc) is 3.67. The minimum Gasteiger partial charge on any atom is -0.351 e. The van der Waals surface area contributed by atoms with Crippen molar-refractivity contribution in [1.82, 2.24) is 5.48 Å². The van der Waals surface area contributed by atoms with Crippen molar-refractivity contribution in [1.29, 1.82) is 0 Å². The van der Waals surface area contributed by atoms with Crippen LogP contribution in [-0.4, -0.2) is 25.9 Å². The zero-order valence-electron chi connectivity index (χ0n) is 19.3. The van der Waals surface area contributed by atoms with Crippen LogP contribution in [0.3, 0.4) is 0 Å². The standard InChI is InChI=1S/C23H20ClFIN5O6S/c24-17-9-13(26)3-8-18(17)29-21-16(23(32)30-37-11-12-1-2-12)10-19(31(33)34)22(20(21)25)28-14-4-6-15(7-5-14)38(27,35)36/h3-10,12,28-29H,1-2,11H2,(H,30,32)(H2,27,35,36). The molecule has 0 heterocycles. The number of nitro benzene ring substituents is 1. The van der Waals surface area contributed by atoms with Gasteiger partial charge < -0.3 is 10.6 Å². The molecule has 11 nitrogen and oxygen atoms in total. The van der Waals surface area contributed by atoms with E-state index in [0.29, 0.717) is 5.92 Å². The van der Waals surface area contributed by atoms with E-state index in [9.17, 15) is 23.3 Å². The lowest BCUT2D eigenvalue weighted by Gasteiger charge is -2.18. The Morgan fingerprint density at radius 2 is 1.84 bits per heavy atom. The van der Waals surface area contributed by atoms with Gasteiger partial charge in [0.15, 0.2) is 11.5 Å². The second-order valence-corrected chi connectivity index (χ2v) is 11.6. The van der Waals surface area contributed by atoms with Gasteiger partial charge in [-0.1, -0.05) is 11.6 Å². The number of anilines is 4. The number of hydroxylamine groups is 1. The van der Waals surface area contributed by atoms with Gasteiger partial charge in [-0.25, -0.2) is 23.4 Å². The number of nitrogens with two attached hydrogens (primary N) is 1. The van der Waals surface area contributed by atoms with Crippen molar-refractivity contribution in [3.8, 4) is 0 Å². The molecule has 0 spiro atoms. The second-order valence-electron chi connectivity index (χ2n) is 8.39. The zero-order chi connectivity index (χ0) is 27.6. The van der Waals surface area contributed by atoms with E-state index in [0.717, 1.165) is 34.6 Å². The van der Waals surface area contributed by atoms with Crippen LogP contribution in [0.4, 0.5) is 32.8 Å². The molecule has 1 aliphatic carbocycles. The first-order chi connectivity index (χ1) is 17.9. The molecule has 0 saturated heterocycles. The fourth-order valence-corrected chi connectivity index (χ4v) is 4.78. The quantitative estimate of drug-likeness (QED) is 0.129. The van der Waals surface area contributed by atoms with Crippen molar-refractivity contribution in [2.75, 3.05) is 17.2 Å². The number of hydrogen-bond donors (Lipinski definition) is 4. The number of amides is 1. The van der Waals surface area contributed by atoms with E-state index in [4.69, 9.17) is 21.6 Å². The molecular formula is C23H20ClFIN5O6S. The van der Waals surface area contributed by atoms with Gasteiger partial charge in [-0.15, -0.1) is 0 Å². The molecule has 1 aliphatic rings. The lowest BCUT2D eigenvalue weighted by atomic mass is 10.1. The Kier molecular flexibility index (Phi) is 8.37. The van der Waals surface area contributed by atoms with Crippen LogP contribution in [0, 0.1) is 25.4 Å². The molecule has 0 aromatic heterocycles. The molecule has 0 aliphatic heterocycles. The number of hydrogen-bond acceptors (Lipinski definition) is 8. The summed E-state index contributed by atoms with van der Waals surface area (Å²) in [4.78, 5) is 29.0. The minimum absolute atomic E-state index is 0.127. The number of nitro groups is 1. The zero-order valence-corrected chi connectivity index (χ0v) is 23.1. The first-order valence-electron chi connectivity index (χ1n) is 11.0. The normalized spacial score (nSPS) is 13.2. The summed E-state index contributed by atoms with van der Waals surface area (Å²) in [7, 11) is -3.98. The van der Waals surface area contributed by atoms with E-state index in [1.807, 2.05) is 22.6 Å². The summed E-state index contributed by atoms with van der Waals surface area (Å²) >= 11 is 8.34. The average molecular weight is 676 g/mol. The van der Waals surface area contributed by atoms with E-state index in [-0.39, 0.29) is 27.9 Å². The fraction of sp³-hybridized carbons (Fsp3) is 0.174. The highest BCUT2D eigenvalue weighted by molar-refractivity contribution is 14.1. The molecule has 0 bridgehead atoms. The van der Waals surface area contributed by atoms with E-state index < -0.39 is 49.3 Å². The molecular weight excluding hydrogens is 656 g/mol. The topological polar surface area (TPSA) is 166 Å². The van der Waals surface area contributed by atoms with Gasteiger partial charge in [0.1, 0.15) is 0 Å². The number of halogens is 3. The molecule has 1 amide bonds. The summed E-state index contributed by atoms with van der Waals surface area (Å²) in [5.74, 6) is -1.74. The Labute approximate surface area is 235 Å². The number of carbonyl (C=O) groups excluding carboxylic acids is 1. The maximum Gasteiger partial charge on any atom is 0.296 e. The smallest absolute Gasteiger partial charge is 0.296 e. The Hall–Kier alpha value is -3.05. The van der Waals surface area contributed by atoms with Gasteiger partial charge in [0.25, 0.3) is 11.6 Å². The van der Waals surface area contributed by atoms with E-state index in [1.54, 1.807) is 18.2 Å². The predicted octanol–water partition coefficient (Wildman–Crippen LogP) is 5.20. The van der Waals surface area contributed by atoms with Crippen LogP contribution in [0.2, 0.25) is 5.02 Å². The van der Waals surface area contributed by atoms with Gasteiger partial charge in [0.2, 0.25) is 10.0 Å². The highest BCUT2D eigenvalue weighted by Gasteiger charge is 2.29. The third-order valence-electron chi connectivity index (χ3n) is 5.51. The van der Waals surface area contributed by atoms with Gasteiger partial charge >= 0.3 is 0 Å². The molecule has 3 aromatic rings. The summed E-state index contributed by atoms with van der Waals surface area (Å²) in [6.45, 7) is 0.260. The number of nitrogens with zero attached hydrogens (tertiary/aromatic N) is 1. The van der Waals surface area contributed by atoms with Gasteiger partial charge in [0.05, 0.1) is 38.4 Å². The van der Waals surface area contributed by atoms with Crippen molar-refractivity contribution in [2.45, 2.75) is 17.7 Å². The second kappa shape index (κ2) is 11.4. The molecule has 3 aromatic carbocycles. The van der Waals surface area contributed by atoms with Crippen LogP contribution in [0.15, 0.2) is 53.4 Å². The number of benzene rings is 3. The van der Waals surface area contributed by atoms with Crippen molar-refractivity contribution in [2.24, 2.45) is 11.1 Å². The van der Waals surface area contributed by atoms with E-state index >= 15 is 4.39 Å². The number of rotatable bonds is 10. The Morgan fingerprint density at radius 1 is 1.16 bits per heavy atom. The third-order valence-corrected chi connectivity index (χ3v) is 7.42. The molecule has 0 unspecified atom stereocenters. The maximum atomic E-state index is 16.0. The molecule has 15 heteroatoms. The Bertz CT molecular complexity index is 1520. The van der Waals surface area contributed by atoms with E-state index in [1.165, 1.54) is 12.1 Å². The fourth-order valence-electron chi connectivity index (χ4n) is 3.36. The molecule has 0 atom stereocenters. The van der Waals surface area contributed by atoms with Gasteiger partial charge in [-0.2, -0.15) is 0 Å². The Morgan fingerprint density at radius 3 is 2.42 bits per heavy atom. The van der Waals surface area contributed by atoms with Crippen LogP contribution in [0.5, 0.6) is 0 Å². The summed E-state index contributed by atoms with van der Waals surface area (Å²) in [6, 6.07) is 10.6. The maximum absolute atomic E-state index is 16.0. The van der Waals surface area contributed by atoms with Gasteiger partial charge in [-0.05, 0) is 83.8 Å². The first-order valence-corrected chi connectivity index (χ1v) is 14.0. The SMILES string of the molecule is NS(=O)(=O)c1ccc(Nc2c([N+](=O)[O-])cc(C(=O)NOCC3CC3)c(Nc3ccc(I)cc3Cl)c2F)cc1. The molecule has 1 fully saturated rings. The van der Waals surface area contributed by atoms with Crippen molar-refractivity contribution < 1.29 is 27.4 Å². The van der Waals surface area contributed by atoms with Crippen LogP contribution in [-0.2, 0) is 14.9 Å². The third kappa shape index (κ3) is 6.68. The first kappa shape index (κ1) is 28.0. The van der Waals surface area contributed by atoms with E-state index in [2.05, 4.69) is 16.1 Å². The number of sulfonamides is 1. The van der Waals surface area contributed by atoms with Crippen LogP contribution >= 0.6 is 34.2 Å². The van der Waals surface area contributed by atoms with Crippen molar-refractivity contribution in [3.05, 3.63) is 78.6 Å². The lowest BCUT2D eigenvalue weighted by Crippen LogP contribution is -2.26. The largest absolute Gasteiger partial charge is 0.351 e. The number of nitrogens with one attached hydrogen (secondary N) is 3. The van der Waals surface area contributed by atoms with Crippen LogP contribution in [0.1, 0.15) is 23.2 Å². The molecule has 5 N–H and O–H groups in total. The number of carbonyl (C=O) groups is 1. The highest BCUT2D eigenvalue weighted by atomic mass is 127. The summed E-state index contributed by atoms with van der Waals surface area (Å²) in [5, 5.41) is 22.6. The summed E-state index contributed by atoms with van der Waals surface area (Å²) in [6.07, 6.45) is 1.93. The van der Waals surface area contributed by atoms with Crippen LogP contribution in [0.25, 0.3) is 0 Å². The van der Waals surface area contributed by atoms with Crippen molar-refractivity contribution in [3.63, 3.8) is 0 Å². The Balaban J connectivity index is 1.78. The predicted molar refractivity (Wildman–Crippen MR) is 148 cm³/mol.